The number of carbonyl (C=O) groups is 1. The summed E-state index contributed by atoms with van der Waals surface area (Å²) in [5.41, 5.74) is 1.76. The van der Waals surface area contributed by atoms with Gasteiger partial charge < -0.3 is 9.64 Å². The van der Waals surface area contributed by atoms with Crippen LogP contribution in [-0.4, -0.2) is 35.0 Å². The Labute approximate surface area is 153 Å². The second kappa shape index (κ2) is 7.16. The third-order valence-electron chi connectivity index (χ3n) is 4.94. The molecule has 132 valence electrons. The molecule has 0 radical (unpaired) electrons. The first-order valence-electron chi connectivity index (χ1n) is 9.07. The van der Waals surface area contributed by atoms with Gasteiger partial charge >= 0.3 is 0 Å². The van der Waals surface area contributed by atoms with Crippen LogP contribution in [0.1, 0.15) is 28.9 Å². The molecular weight excluding hydrogens is 324 g/mol. The van der Waals surface area contributed by atoms with Crippen LogP contribution >= 0.6 is 0 Å². The zero-order valence-corrected chi connectivity index (χ0v) is 14.9. The standard InChI is InChI=1S/C22H22N2O2/c1-16-9-10-19(15-23-16)26-18-11-13-24(14-12-18)22(25)21-8-4-6-17-5-2-3-7-20(17)21/h2-10,15,18H,11-14H2,1H3. The van der Waals surface area contributed by atoms with Gasteiger partial charge in [0.15, 0.2) is 0 Å². The summed E-state index contributed by atoms with van der Waals surface area (Å²) < 4.78 is 6.01. The molecule has 0 bridgehead atoms. The number of benzene rings is 2. The largest absolute Gasteiger partial charge is 0.489 e. The average Bonchev–Trinajstić information content (AvgIpc) is 2.69. The minimum Gasteiger partial charge on any atom is -0.489 e. The number of likely N-dealkylation sites (tertiary alicyclic amines) is 1. The smallest absolute Gasteiger partial charge is 0.254 e. The Kier molecular flexibility index (Phi) is 4.57. The SMILES string of the molecule is Cc1ccc(OC2CCN(C(=O)c3cccc4ccccc34)CC2)cn1. The van der Waals surface area contributed by atoms with Crippen LogP contribution in [0.5, 0.6) is 5.75 Å². The molecule has 0 saturated carbocycles. The number of fused-ring (bicyclic) bond motifs is 1. The summed E-state index contributed by atoms with van der Waals surface area (Å²) in [6, 6.07) is 17.9. The number of hydrogen-bond acceptors (Lipinski definition) is 3. The van der Waals surface area contributed by atoms with E-state index < -0.39 is 0 Å². The van der Waals surface area contributed by atoms with Gasteiger partial charge in [-0.3, -0.25) is 9.78 Å². The summed E-state index contributed by atoms with van der Waals surface area (Å²) >= 11 is 0. The number of rotatable bonds is 3. The number of hydrogen-bond donors (Lipinski definition) is 0. The quantitative estimate of drug-likeness (QED) is 0.713. The third-order valence-corrected chi connectivity index (χ3v) is 4.94. The van der Waals surface area contributed by atoms with Crippen LogP contribution < -0.4 is 4.74 Å². The molecule has 0 unspecified atom stereocenters. The van der Waals surface area contributed by atoms with Crippen molar-refractivity contribution in [2.24, 2.45) is 0 Å². The van der Waals surface area contributed by atoms with Crippen molar-refractivity contribution in [3.05, 3.63) is 72.1 Å². The van der Waals surface area contributed by atoms with E-state index in [1.165, 1.54) is 0 Å². The molecule has 1 aliphatic heterocycles. The molecule has 1 aromatic heterocycles. The van der Waals surface area contributed by atoms with Crippen LogP contribution in [0.3, 0.4) is 0 Å². The average molecular weight is 346 g/mol. The zero-order valence-electron chi connectivity index (χ0n) is 14.9. The fourth-order valence-corrected chi connectivity index (χ4v) is 3.48. The first-order valence-corrected chi connectivity index (χ1v) is 9.07. The van der Waals surface area contributed by atoms with Crippen LogP contribution in [0.25, 0.3) is 10.8 Å². The second-order valence-corrected chi connectivity index (χ2v) is 6.77. The molecule has 0 atom stereocenters. The fraction of sp³-hybridized carbons (Fsp3) is 0.273. The van der Waals surface area contributed by atoms with Gasteiger partial charge in [-0.1, -0.05) is 36.4 Å². The van der Waals surface area contributed by atoms with Crippen molar-refractivity contribution in [1.29, 1.82) is 0 Å². The molecule has 1 amide bonds. The number of carbonyl (C=O) groups excluding carboxylic acids is 1. The Morgan fingerprint density at radius 1 is 1.04 bits per heavy atom. The fourth-order valence-electron chi connectivity index (χ4n) is 3.48. The molecule has 3 aromatic rings. The maximum Gasteiger partial charge on any atom is 0.254 e. The van der Waals surface area contributed by atoms with Crippen LogP contribution in [0.15, 0.2) is 60.8 Å². The normalized spacial score (nSPS) is 15.2. The number of nitrogens with zero attached hydrogens (tertiary/aromatic N) is 2. The minimum absolute atomic E-state index is 0.109. The van der Waals surface area contributed by atoms with E-state index in [0.29, 0.717) is 13.1 Å². The molecule has 1 fully saturated rings. The van der Waals surface area contributed by atoms with Crippen LogP contribution in [0, 0.1) is 6.92 Å². The van der Waals surface area contributed by atoms with E-state index in [-0.39, 0.29) is 12.0 Å². The van der Waals surface area contributed by atoms with Crippen molar-refractivity contribution in [3.8, 4) is 5.75 Å². The monoisotopic (exact) mass is 346 g/mol. The predicted octanol–water partition coefficient (Wildman–Crippen LogP) is 4.23. The van der Waals surface area contributed by atoms with Crippen molar-refractivity contribution in [2.75, 3.05) is 13.1 Å². The lowest BCUT2D eigenvalue weighted by molar-refractivity contribution is 0.0596. The van der Waals surface area contributed by atoms with Crippen LogP contribution in [-0.2, 0) is 0 Å². The van der Waals surface area contributed by atoms with Gasteiger partial charge in [0, 0.05) is 37.2 Å². The predicted molar refractivity (Wildman–Crippen MR) is 102 cm³/mol. The number of amides is 1. The maximum atomic E-state index is 13.0. The Bertz CT molecular complexity index is 908. The molecule has 4 nitrogen and oxygen atoms in total. The van der Waals surface area contributed by atoms with E-state index in [2.05, 4.69) is 4.98 Å². The number of piperidine rings is 1. The Balaban J connectivity index is 1.42. The van der Waals surface area contributed by atoms with Gasteiger partial charge in [0.25, 0.3) is 5.91 Å². The third kappa shape index (κ3) is 3.40. The van der Waals surface area contributed by atoms with Gasteiger partial charge in [-0.05, 0) is 35.9 Å². The van der Waals surface area contributed by atoms with E-state index in [0.717, 1.165) is 40.6 Å². The lowest BCUT2D eigenvalue weighted by atomic mass is 10.0. The second-order valence-electron chi connectivity index (χ2n) is 6.77. The highest BCUT2D eigenvalue weighted by Gasteiger charge is 2.25. The highest BCUT2D eigenvalue weighted by molar-refractivity contribution is 6.07. The minimum atomic E-state index is 0.109. The molecule has 4 heteroatoms. The molecule has 26 heavy (non-hydrogen) atoms. The lowest BCUT2D eigenvalue weighted by Crippen LogP contribution is -2.41. The topological polar surface area (TPSA) is 42.4 Å². The van der Waals surface area contributed by atoms with Crippen LogP contribution in [0.4, 0.5) is 0 Å². The van der Waals surface area contributed by atoms with Crippen molar-refractivity contribution in [1.82, 2.24) is 9.88 Å². The van der Waals surface area contributed by atoms with Crippen LogP contribution in [0.2, 0.25) is 0 Å². The Morgan fingerprint density at radius 2 is 1.81 bits per heavy atom. The Hall–Kier alpha value is -2.88. The maximum absolute atomic E-state index is 13.0. The molecule has 0 aliphatic carbocycles. The zero-order chi connectivity index (χ0) is 17.9. The molecule has 1 aliphatic rings. The van der Waals surface area contributed by atoms with Crippen molar-refractivity contribution < 1.29 is 9.53 Å². The molecule has 0 spiro atoms. The van der Waals surface area contributed by atoms with E-state index in [1.807, 2.05) is 66.4 Å². The Morgan fingerprint density at radius 3 is 2.58 bits per heavy atom. The summed E-state index contributed by atoms with van der Waals surface area (Å²) in [5.74, 6) is 0.909. The summed E-state index contributed by atoms with van der Waals surface area (Å²) in [6.07, 6.45) is 3.58. The number of aromatic nitrogens is 1. The summed E-state index contributed by atoms with van der Waals surface area (Å²) in [5, 5.41) is 2.12. The molecule has 0 N–H and O–H groups in total. The first-order chi connectivity index (χ1) is 12.7. The van der Waals surface area contributed by atoms with Gasteiger partial charge in [0.2, 0.25) is 0 Å². The van der Waals surface area contributed by atoms with Gasteiger partial charge in [0.05, 0.1) is 6.20 Å². The van der Waals surface area contributed by atoms with Crippen molar-refractivity contribution >= 4 is 16.7 Å². The summed E-state index contributed by atoms with van der Waals surface area (Å²) in [7, 11) is 0. The summed E-state index contributed by atoms with van der Waals surface area (Å²) in [6.45, 7) is 3.39. The van der Waals surface area contributed by atoms with E-state index >= 15 is 0 Å². The molecule has 2 aromatic carbocycles. The van der Waals surface area contributed by atoms with Gasteiger partial charge in [0.1, 0.15) is 11.9 Å². The lowest BCUT2D eigenvalue weighted by Gasteiger charge is -2.32. The van der Waals surface area contributed by atoms with Gasteiger partial charge in [-0.2, -0.15) is 0 Å². The highest BCUT2D eigenvalue weighted by atomic mass is 16.5. The molecule has 2 heterocycles. The van der Waals surface area contributed by atoms with Crippen molar-refractivity contribution in [3.63, 3.8) is 0 Å². The molecule has 4 rings (SSSR count). The van der Waals surface area contributed by atoms with Gasteiger partial charge in [-0.15, -0.1) is 0 Å². The summed E-state index contributed by atoms with van der Waals surface area (Å²) in [4.78, 5) is 19.2. The molecule has 1 saturated heterocycles. The van der Waals surface area contributed by atoms with Gasteiger partial charge in [-0.25, -0.2) is 0 Å². The van der Waals surface area contributed by atoms with E-state index in [1.54, 1.807) is 6.20 Å². The highest BCUT2D eigenvalue weighted by Crippen LogP contribution is 2.23. The molecular formula is C22H22N2O2. The van der Waals surface area contributed by atoms with E-state index in [4.69, 9.17) is 4.74 Å². The number of ether oxygens (including phenoxy) is 1. The number of pyridine rings is 1. The van der Waals surface area contributed by atoms with Crippen molar-refractivity contribution in [2.45, 2.75) is 25.9 Å². The number of aryl methyl sites for hydroxylation is 1. The van der Waals surface area contributed by atoms with E-state index in [9.17, 15) is 4.79 Å². The first kappa shape index (κ1) is 16.6.